The van der Waals surface area contributed by atoms with Crippen LogP contribution >= 0.6 is 0 Å². The van der Waals surface area contributed by atoms with Gasteiger partial charge in [0.2, 0.25) is 0 Å². The van der Waals surface area contributed by atoms with Gasteiger partial charge in [-0.15, -0.1) is 0 Å². The molecular formula is C69H39F3N10. The molecule has 4 aromatic heterocycles. The number of nitriles is 1. The standard InChI is InChI=1S/C69H39F3N10/c1-74-55-40-49(69(70,71)72)32-35-54(55)62-60(81-56-28-16-14-26-50(56)52-33-30-47(38-58(52)81)67-77-63(43-18-6-2-7-19-43)75-64(78-67)44-20-8-3-9-21-44)36-42(41-73)37-61(62)82-57-29-17-15-27-51(57)53-34-31-48(39-59(53)82)68-79-65(45-22-10-4-11-23-45)76-66(80-68)46-24-12-5-13-25-46/h2-40H. The average Bonchev–Trinajstić information content (AvgIpc) is 2.97. The number of benzene rings is 10. The number of para-hydroxylation sites is 2. The van der Waals surface area contributed by atoms with Gasteiger partial charge in [-0.2, -0.15) is 18.4 Å². The Hall–Kier alpha value is -11.4. The molecule has 0 fully saturated rings. The molecule has 13 heteroatoms. The van der Waals surface area contributed by atoms with Crippen LogP contribution in [0.5, 0.6) is 0 Å². The Kier molecular flexibility index (Phi) is 11.8. The molecule has 0 radical (unpaired) electrons. The van der Waals surface area contributed by atoms with Crippen molar-refractivity contribution in [1.82, 2.24) is 39.0 Å². The summed E-state index contributed by atoms with van der Waals surface area (Å²) in [4.78, 5) is 33.9. The van der Waals surface area contributed by atoms with Gasteiger partial charge in [0.25, 0.3) is 0 Å². The minimum Gasteiger partial charge on any atom is -0.309 e. The highest BCUT2D eigenvalue weighted by Gasteiger charge is 2.32. The minimum atomic E-state index is -4.74. The number of aromatic nitrogens is 8. The molecule has 0 N–H and O–H groups in total. The molecule has 0 saturated heterocycles. The number of alkyl halides is 3. The van der Waals surface area contributed by atoms with E-state index in [0.717, 1.165) is 67.0 Å². The number of fused-ring (bicyclic) bond motifs is 6. The van der Waals surface area contributed by atoms with Crippen LogP contribution in [0.4, 0.5) is 18.9 Å². The summed E-state index contributed by atoms with van der Waals surface area (Å²) in [5.74, 6) is 2.72. The summed E-state index contributed by atoms with van der Waals surface area (Å²) in [5.41, 5.74) is 7.90. The van der Waals surface area contributed by atoms with E-state index < -0.39 is 11.7 Å². The maximum absolute atomic E-state index is 14.7. The molecule has 0 aliphatic rings. The van der Waals surface area contributed by atoms with Crippen LogP contribution in [0.2, 0.25) is 0 Å². The second-order valence-corrected chi connectivity index (χ2v) is 19.6. The Bertz CT molecular complexity index is 4550. The fraction of sp³-hybridized carbons (Fsp3) is 0.0145. The lowest BCUT2D eigenvalue weighted by Crippen LogP contribution is -2.07. The van der Waals surface area contributed by atoms with E-state index in [1.807, 2.05) is 215 Å². The molecule has 10 nitrogen and oxygen atoms in total. The second-order valence-electron chi connectivity index (χ2n) is 19.6. The molecule has 0 unspecified atom stereocenters. The van der Waals surface area contributed by atoms with Crippen molar-refractivity contribution >= 4 is 49.3 Å². The van der Waals surface area contributed by atoms with Crippen molar-refractivity contribution in [2.75, 3.05) is 0 Å². The molecule has 4 heterocycles. The Balaban J connectivity index is 1.07. The summed E-state index contributed by atoms with van der Waals surface area (Å²) in [6, 6.07) is 75.6. The quantitative estimate of drug-likeness (QED) is 0.132. The normalized spacial score (nSPS) is 11.6. The van der Waals surface area contributed by atoms with Crippen LogP contribution in [0.3, 0.4) is 0 Å². The molecule has 0 aliphatic heterocycles. The molecule has 0 spiro atoms. The molecule has 0 saturated carbocycles. The van der Waals surface area contributed by atoms with Gasteiger partial charge in [-0.1, -0.05) is 194 Å². The molecule has 0 bridgehead atoms. The van der Waals surface area contributed by atoms with Crippen molar-refractivity contribution in [1.29, 1.82) is 5.26 Å². The van der Waals surface area contributed by atoms with E-state index in [9.17, 15) is 18.4 Å². The van der Waals surface area contributed by atoms with E-state index in [1.165, 1.54) is 6.07 Å². The SMILES string of the molecule is [C-]#[N+]c1cc(C(F)(F)F)ccc1-c1c(-n2c3ccccc3c3ccc(-c4nc(-c5ccccc5)nc(-c5ccccc5)n4)cc32)cc(C#N)cc1-n1c2ccccc2c2ccc(-c3nc(-c4ccccc4)nc(-c4ccccc4)n3)cc21. The summed E-state index contributed by atoms with van der Waals surface area (Å²) < 4.78 is 48.2. The summed E-state index contributed by atoms with van der Waals surface area (Å²) in [7, 11) is 0. The zero-order valence-corrected chi connectivity index (χ0v) is 43.1. The van der Waals surface area contributed by atoms with Crippen molar-refractivity contribution in [3.05, 3.63) is 259 Å². The van der Waals surface area contributed by atoms with E-state index in [0.29, 0.717) is 74.0 Å². The van der Waals surface area contributed by atoms with E-state index >= 15 is 0 Å². The smallest absolute Gasteiger partial charge is 0.309 e. The zero-order valence-electron chi connectivity index (χ0n) is 43.1. The molecule has 0 amide bonds. The molecule has 14 aromatic rings. The number of nitrogens with zero attached hydrogens (tertiary/aromatic N) is 10. The summed E-state index contributed by atoms with van der Waals surface area (Å²) >= 11 is 0. The highest BCUT2D eigenvalue weighted by atomic mass is 19.4. The Morgan fingerprint density at radius 1 is 0.378 bits per heavy atom. The fourth-order valence-corrected chi connectivity index (χ4v) is 10.9. The van der Waals surface area contributed by atoms with Crippen LogP contribution < -0.4 is 0 Å². The van der Waals surface area contributed by atoms with E-state index in [-0.39, 0.29) is 16.8 Å². The third-order valence-corrected chi connectivity index (χ3v) is 14.7. The third kappa shape index (κ3) is 8.54. The van der Waals surface area contributed by atoms with Crippen LogP contribution in [0.1, 0.15) is 11.1 Å². The van der Waals surface area contributed by atoms with Crippen LogP contribution in [-0.4, -0.2) is 39.0 Å². The average molecular weight is 1070 g/mol. The molecule has 0 aliphatic carbocycles. The van der Waals surface area contributed by atoms with Crippen molar-refractivity contribution in [2.24, 2.45) is 0 Å². The maximum atomic E-state index is 14.7. The lowest BCUT2D eigenvalue weighted by molar-refractivity contribution is -0.137. The van der Waals surface area contributed by atoms with Gasteiger partial charge in [0.05, 0.1) is 51.6 Å². The molecule has 386 valence electrons. The van der Waals surface area contributed by atoms with E-state index in [4.69, 9.17) is 36.5 Å². The van der Waals surface area contributed by atoms with Crippen LogP contribution in [-0.2, 0) is 6.18 Å². The summed E-state index contributed by atoms with van der Waals surface area (Å²) in [6.07, 6.45) is -4.74. The molecule has 82 heavy (non-hydrogen) atoms. The first-order valence-corrected chi connectivity index (χ1v) is 26.2. The molecule has 14 rings (SSSR count). The topological polar surface area (TPSA) is 115 Å². The zero-order chi connectivity index (χ0) is 55.5. The number of rotatable bonds is 9. The van der Waals surface area contributed by atoms with Gasteiger partial charge in [-0.3, -0.25) is 0 Å². The predicted molar refractivity (Wildman–Crippen MR) is 316 cm³/mol. The first-order valence-electron chi connectivity index (χ1n) is 26.2. The predicted octanol–water partition coefficient (Wildman–Crippen LogP) is 17.4. The van der Waals surface area contributed by atoms with Crippen LogP contribution in [0.15, 0.2) is 237 Å². The van der Waals surface area contributed by atoms with Crippen molar-refractivity contribution in [3.63, 3.8) is 0 Å². The Labute approximate surface area is 466 Å². The van der Waals surface area contributed by atoms with Gasteiger partial charge in [0, 0.05) is 66.1 Å². The lowest BCUT2D eigenvalue weighted by Gasteiger charge is -2.22. The van der Waals surface area contributed by atoms with Crippen LogP contribution in [0, 0.1) is 17.9 Å². The summed E-state index contributed by atoms with van der Waals surface area (Å²) in [5, 5.41) is 14.6. The highest BCUT2D eigenvalue weighted by molar-refractivity contribution is 6.13. The Morgan fingerprint density at radius 2 is 0.732 bits per heavy atom. The number of hydrogen-bond donors (Lipinski definition) is 0. The first-order chi connectivity index (χ1) is 40.2. The maximum Gasteiger partial charge on any atom is 0.415 e. The highest BCUT2D eigenvalue weighted by Crippen LogP contribution is 2.47. The summed E-state index contributed by atoms with van der Waals surface area (Å²) in [6.45, 7) is 8.55. The van der Waals surface area contributed by atoms with Gasteiger partial charge in [0.1, 0.15) is 0 Å². The van der Waals surface area contributed by atoms with Gasteiger partial charge in [0.15, 0.2) is 40.6 Å². The first kappa shape index (κ1) is 48.9. The number of halogens is 3. The van der Waals surface area contributed by atoms with Crippen molar-refractivity contribution in [2.45, 2.75) is 6.18 Å². The minimum absolute atomic E-state index is 0.219. The molecular weight excluding hydrogens is 1030 g/mol. The second kappa shape index (κ2) is 19.8. The third-order valence-electron chi connectivity index (χ3n) is 14.7. The van der Waals surface area contributed by atoms with Crippen LogP contribution in [0.25, 0.3) is 139 Å². The fourth-order valence-electron chi connectivity index (χ4n) is 10.9. The Morgan fingerprint density at radius 3 is 1.10 bits per heavy atom. The molecule has 0 atom stereocenters. The van der Waals surface area contributed by atoms with Gasteiger partial charge in [-0.25, -0.2) is 34.7 Å². The van der Waals surface area contributed by atoms with E-state index in [2.05, 4.69) is 10.9 Å². The van der Waals surface area contributed by atoms with Gasteiger partial charge < -0.3 is 9.13 Å². The molecule has 10 aromatic carbocycles. The van der Waals surface area contributed by atoms with Gasteiger partial charge in [-0.05, 0) is 48.0 Å². The lowest BCUT2D eigenvalue weighted by atomic mass is 9.95. The number of hydrogen-bond acceptors (Lipinski definition) is 7. The van der Waals surface area contributed by atoms with E-state index in [1.54, 1.807) is 12.1 Å². The van der Waals surface area contributed by atoms with Crippen molar-refractivity contribution in [3.8, 4) is 96.9 Å². The largest absolute Gasteiger partial charge is 0.415 e. The monoisotopic (exact) mass is 1060 g/mol. The van der Waals surface area contributed by atoms with Crippen molar-refractivity contribution < 1.29 is 13.2 Å². The van der Waals surface area contributed by atoms with Gasteiger partial charge >= 0.3 is 6.18 Å².